The molecule has 5 atom stereocenters. The topological polar surface area (TPSA) is 110 Å². The molecule has 1 aliphatic heterocycles. The Morgan fingerprint density at radius 1 is 1.04 bits per heavy atom. The van der Waals surface area contributed by atoms with E-state index in [1.54, 1.807) is 12.1 Å². The molecule has 0 aromatic heterocycles. The highest BCUT2D eigenvalue weighted by atomic mass is 35.5. The molecular weight excluding hydrogens is 372 g/mol. The Hall–Kier alpha value is -1.51. The van der Waals surface area contributed by atoms with E-state index in [2.05, 4.69) is 0 Å². The molecule has 1 heterocycles. The minimum Gasteiger partial charge on any atom is -0.394 e. The van der Waals surface area contributed by atoms with Gasteiger partial charge in [-0.15, -0.1) is 0 Å². The predicted octanol–water partition coefficient (Wildman–Crippen LogP) is 0.858. The minimum absolute atomic E-state index is 0.172. The molecule has 0 bridgehead atoms. The van der Waals surface area contributed by atoms with Crippen LogP contribution in [-0.4, -0.2) is 56.6 Å². The molecule has 27 heavy (non-hydrogen) atoms. The lowest BCUT2D eigenvalue weighted by Gasteiger charge is -2.45. The van der Waals surface area contributed by atoms with Crippen LogP contribution in [0.4, 0.5) is 0 Å². The number of rotatable bonds is 4. The van der Waals surface area contributed by atoms with Crippen molar-refractivity contribution in [2.75, 3.05) is 6.61 Å². The minimum atomic E-state index is -2.29. The molecule has 0 spiro atoms. The number of hydrogen-bond donors (Lipinski definition) is 5. The maximum atomic E-state index is 10.9. The van der Waals surface area contributed by atoms with Crippen molar-refractivity contribution in [2.24, 2.45) is 0 Å². The zero-order valence-corrected chi connectivity index (χ0v) is 15.5. The first-order chi connectivity index (χ1) is 12.8. The van der Waals surface area contributed by atoms with Crippen LogP contribution >= 0.6 is 11.6 Å². The van der Waals surface area contributed by atoms with E-state index in [-0.39, 0.29) is 5.56 Å². The fraction of sp³-hybridized carbons (Fsp3) is 0.400. The van der Waals surface area contributed by atoms with E-state index in [9.17, 15) is 25.5 Å². The summed E-state index contributed by atoms with van der Waals surface area (Å²) in [7, 11) is 0. The largest absolute Gasteiger partial charge is 0.394 e. The summed E-state index contributed by atoms with van der Waals surface area (Å²) in [6.45, 7) is 1.36. The summed E-state index contributed by atoms with van der Waals surface area (Å²) < 4.78 is 5.37. The summed E-state index contributed by atoms with van der Waals surface area (Å²) in [6.07, 6.45) is -5.76. The van der Waals surface area contributed by atoms with Gasteiger partial charge in [-0.1, -0.05) is 47.5 Å². The third-order valence-corrected chi connectivity index (χ3v) is 5.31. The van der Waals surface area contributed by atoms with Gasteiger partial charge in [0.25, 0.3) is 0 Å². The van der Waals surface area contributed by atoms with Crippen molar-refractivity contribution < 1.29 is 30.3 Å². The Kier molecular flexibility index (Phi) is 5.88. The molecule has 2 aromatic carbocycles. The van der Waals surface area contributed by atoms with Crippen LogP contribution in [0.1, 0.15) is 22.3 Å². The van der Waals surface area contributed by atoms with Gasteiger partial charge in [0.15, 0.2) is 0 Å². The standard InChI is InChI=1S/C20H23ClO6/c1-11-2-4-12(5-3-11)8-13-9-14(6-7-15(13)21)20(26)19(25)18(24)17(23)16(10-22)27-20/h2-7,9,16-19,22-26H,8,10H2,1H3. The molecule has 5 N–H and O–H groups in total. The average molecular weight is 395 g/mol. The Morgan fingerprint density at radius 3 is 2.33 bits per heavy atom. The van der Waals surface area contributed by atoms with Crippen LogP contribution in [0, 0.1) is 6.92 Å². The number of aliphatic hydroxyl groups excluding tert-OH is 4. The zero-order chi connectivity index (χ0) is 19.8. The van der Waals surface area contributed by atoms with E-state index in [1.165, 1.54) is 6.07 Å². The lowest BCUT2D eigenvalue weighted by molar-refractivity contribution is -0.357. The first kappa shape index (κ1) is 20.2. The van der Waals surface area contributed by atoms with E-state index < -0.39 is 36.8 Å². The van der Waals surface area contributed by atoms with Crippen LogP contribution < -0.4 is 0 Å². The summed E-state index contributed by atoms with van der Waals surface area (Å²) in [5, 5.41) is 51.0. The van der Waals surface area contributed by atoms with Gasteiger partial charge < -0.3 is 30.3 Å². The average Bonchev–Trinajstić information content (AvgIpc) is 2.66. The van der Waals surface area contributed by atoms with Crippen LogP contribution in [0.2, 0.25) is 5.02 Å². The summed E-state index contributed by atoms with van der Waals surface area (Å²) in [5.41, 5.74) is 3.02. The Bertz CT molecular complexity index is 794. The highest BCUT2D eigenvalue weighted by Crippen LogP contribution is 2.37. The first-order valence-electron chi connectivity index (χ1n) is 8.66. The van der Waals surface area contributed by atoms with Crippen molar-refractivity contribution in [3.05, 3.63) is 69.7 Å². The van der Waals surface area contributed by atoms with Crippen LogP contribution in [0.5, 0.6) is 0 Å². The number of halogens is 1. The van der Waals surface area contributed by atoms with Crippen molar-refractivity contribution in [1.82, 2.24) is 0 Å². The number of ether oxygens (including phenoxy) is 1. The van der Waals surface area contributed by atoms with E-state index in [0.717, 1.165) is 11.1 Å². The van der Waals surface area contributed by atoms with Gasteiger partial charge >= 0.3 is 0 Å². The van der Waals surface area contributed by atoms with Crippen molar-refractivity contribution >= 4 is 11.6 Å². The molecular formula is C20H23ClO6. The molecule has 5 unspecified atom stereocenters. The molecule has 7 heteroatoms. The molecule has 146 valence electrons. The van der Waals surface area contributed by atoms with Crippen molar-refractivity contribution in [2.45, 2.75) is 43.5 Å². The van der Waals surface area contributed by atoms with Gasteiger partial charge in [0, 0.05) is 10.6 Å². The second kappa shape index (κ2) is 7.85. The zero-order valence-electron chi connectivity index (χ0n) is 14.8. The Balaban J connectivity index is 1.95. The quantitative estimate of drug-likeness (QED) is 0.526. The fourth-order valence-corrected chi connectivity index (χ4v) is 3.44. The molecule has 0 saturated carbocycles. The summed E-state index contributed by atoms with van der Waals surface area (Å²) in [4.78, 5) is 0. The lowest BCUT2D eigenvalue weighted by Crippen LogP contribution is -2.63. The maximum absolute atomic E-state index is 10.9. The third-order valence-electron chi connectivity index (χ3n) is 4.94. The van der Waals surface area contributed by atoms with Crippen molar-refractivity contribution in [1.29, 1.82) is 0 Å². The molecule has 0 radical (unpaired) electrons. The Labute approximate surface area is 162 Å². The number of aryl methyl sites for hydroxylation is 1. The maximum Gasteiger partial charge on any atom is 0.222 e. The molecule has 1 fully saturated rings. The first-order valence-corrected chi connectivity index (χ1v) is 9.03. The number of benzene rings is 2. The lowest BCUT2D eigenvalue weighted by atomic mass is 9.87. The van der Waals surface area contributed by atoms with Gasteiger partial charge in [-0.3, -0.25) is 0 Å². The summed E-state index contributed by atoms with van der Waals surface area (Å²) in [6, 6.07) is 12.5. The second-order valence-corrected chi connectivity index (χ2v) is 7.34. The van der Waals surface area contributed by atoms with Crippen LogP contribution in [-0.2, 0) is 16.9 Å². The molecule has 1 aliphatic rings. The van der Waals surface area contributed by atoms with Crippen molar-refractivity contribution in [3.63, 3.8) is 0 Å². The highest BCUT2D eigenvalue weighted by Gasteiger charge is 2.53. The van der Waals surface area contributed by atoms with Gasteiger partial charge in [0.2, 0.25) is 5.79 Å². The molecule has 1 saturated heterocycles. The summed E-state index contributed by atoms with van der Waals surface area (Å²) in [5.74, 6) is -2.29. The van der Waals surface area contributed by atoms with Gasteiger partial charge in [-0.2, -0.15) is 0 Å². The van der Waals surface area contributed by atoms with Gasteiger partial charge in [-0.05, 0) is 36.6 Å². The number of aliphatic hydroxyl groups is 5. The van der Waals surface area contributed by atoms with Gasteiger partial charge in [0.05, 0.1) is 6.61 Å². The fourth-order valence-electron chi connectivity index (χ4n) is 3.25. The van der Waals surface area contributed by atoms with E-state index in [1.807, 2.05) is 31.2 Å². The van der Waals surface area contributed by atoms with E-state index >= 15 is 0 Å². The van der Waals surface area contributed by atoms with Crippen molar-refractivity contribution in [3.8, 4) is 0 Å². The monoisotopic (exact) mass is 394 g/mol. The third kappa shape index (κ3) is 3.88. The van der Waals surface area contributed by atoms with Gasteiger partial charge in [-0.25, -0.2) is 0 Å². The molecule has 6 nitrogen and oxygen atoms in total. The van der Waals surface area contributed by atoms with Crippen LogP contribution in [0.15, 0.2) is 42.5 Å². The van der Waals surface area contributed by atoms with E-state index in [4.69, 9.17) is 16.3 Å². The molecule has 3 rings (SSSR count). The summed E-state index contributed by atoms with van der Waals surface area (Å²) >= 11 is 6.29. The molecule has 0 amide bonds. The van der Waals surface area contributed by atoms with Crippen LogP contribution in [0.3, 0.4) is 0 Å². The second-order valence-electron chi connectivity index (χ2n) is 6.93. The SMILES string of the molecule is Cc1ccc(Cc2cc(C3(O)OC(CO)C(O)C(O)C3O)ccc2Cl)cc1. The Morgan fingerprint density at radius 2 is 1.70 bits per heavy atom. The van der Waals surface area contributed by atoms with Gasteiger partial charge in [0.1, 0.15) is 24.4 Å². The highest BCUT2D eigenvalue weighted by molar-refractivity contribution is 6.31. The predicted molar refractivity (Wildman–Crippen MR) is 99.3 cm³/mol. The van der Waals surface area contributed by atoms with E-state index in [0.29, 0.717) is 17.0 Å². The normalized spacial score (nSPS) is 31.1. The molecule has 0 aliphatic carbocycles. The van der Waals surface area contributed by atoms with Crippen LogP contribution in [0.25, 0.3) is 0 Å². The number of hydrogen-bond acceptors (Lipinski definition) is 6. The molecule has 2 aromatic rings. The smallest absolute Gasteiger partial charge is 0.222 e.